The van der Waals surface area contributed by atoms with Crippen molar-refractivity contribution in [3.05, 3.63) is 34.3 Å². The molecular weight excluding hydrogens is 290 g/mol. The van der Waals surface area contributed by atoms with Crippen LogP contribution >= 0.6 is 11.3 Å². The molecule has 2 heterocycles. The number of amides is 2. The Balaban J connectivity index is 1.48. The highest BCUT2D eigenvalue weighted by atomic mass is 32.1. The van der Waals surface area contributed by atoms with Crippen LogP contribution < -0.4 is 16.4 Å². The smallest absolute Gasteiger partial charge is 0.319 e. The topological polar surface area (TPSA) is 102 Å². The highest BCUT2D eigenvalue weighted by Crippen LogP contribution is 2.23. The number of nitrogens with one attached hydrogen (secondary N) is 2. The molecular formula is C13H15N5O2S. The number of hydrogen-bond donors (Lipinski definition) is 3. The Morgan fingerprint density at radius 1 is 1.33 bits per heavy atom. The first-order chi connectivity index (χ1) is 10.2. The maximum atomic E-state index is 11.8. The van der Waals surface area contributed by atoms with Crippen molar-refractivity contribution < 1.29 is 9.53 Å². The molecule has 7 nitrogen and oxygen atoms in total. The summed E-state index contributed by atoms with van der Waals surface area (Å²) >= 11 is 1.33. The third kappa shape index (κ3) is 3.47. The second-order valence-corrected chi connectivity index (χ2v) is 5.73. The van der Waals surface area contributed by atoms with Gasteiger partial charge in [-0.05, 0) is 23.3 Å². The Hall–Kier alpha value is -2.19. The quantitative estimate of drug-likeness (QED) is 0.794. The molecule has 2 aromatic rings. The minimum atomic E-state index is -0.244. The van der Waals surface area contributed by atoms with Crippen molar-refractivity contribution in [2.45, 2.75) is 19.6 Å². The lowest BCUT2D eigenvalue weighted by Gasteiger charge is -2.08. The van der Waals surface area contributed by atoms with E-state index >= 15 is 0 Å². The Morgan fingerprint density at radius 2 is 2.19 bits per heavy atom. The lowest BCUT2D eigenvalue weighted by atomic mass is 10.1. The fraction of sp³-hybridized carbons (Fsp3) is 0.308. The van der Waals surface area contributed by atoms with Gasteiger partial charge in [-0.2, -0.15) is 0 Å². The minimum Gasteiger partial charge on any atom is -0.374 e. The van der Waals surface area contributed by atoms with Crippen LogP contribution in [0.5, 0.6) is 0 Å². The predicted molar refractivity (Wildman–Crippen MR) is 80.0 cm³/mol. The maximum absolute atomic E-state index is 11.8. The van der Waals surface area contributed by atoms with E-state index in [2.05, 4.69) is 20.8 Å². The van der Waals surface area contributed by atoms with Gasteiger partial charge in [0.1, 0.15) is 5.01 Å². The van der Waals surface area contributed by atoms with Crippen molar-refractivity contribution in [2.75, 3.05) is 17.6 Å². The summed E-state index contributed by atoms with van der Waals surface area (Å²) in [5.74, 6) is 0. The number of urea groups is 1. The number of nitrogens with two attached hydrogens (primary N) is 1. The van der Waals surface area contributed by atoms with E-state index in [4.69, 9.17) is 10.5 Å². The molecule has 1 aromatic heterocycles. The zero-order valence-electron chi connectivity index (χ0n) is 11.3. The number of rotatable bonds is 4. The number of nitrogens with zero attached hydrogens (tertiary/aromatic N) is 2. The average Bonchev–Trinajstić information content (AvgIpc) is 3.07. The molecule has 0 bridgehead atoms. The summed E-state index contributed by atoms with van der Waals surface area (Å²) in [7, 11) is 0. The minimum absolute atomic E-state index is 0.244. The van der Waals surface area contributed by atoms with Crippen LogP contribution in [0.1, 0.15) is 16.1 Å². The van der Waals surface area contributed by atoms with Crippen LogP contribution in [0.4, 0.5) is 15.6 Å². The summed E-state index contributed by atoms with van der Waals surface area (Å²) in [6, 6.07) is 5.54. The number of ether oxygens (including phenoxy) is 1. The zero-order chi connectivity index (χ0) is 14.7. The highest BCUT2D eigenvalue weighted by molar-refractivity contribution is 7.15. The normalized spacial score (nSPS) is 13.0. The largest absolute Gasteiger partial charge is 0.374 e. The van der Waals surface area contributed by atoms with Crippen LogP contribution in [0.3, 0.4) is 0 Å². The molecule has 110 valence electrons. The van der Waals surface area contributed by atoms with Crippen molar-refractivity contribution >= 4 is 28.2 Å². The molecule has 1 aliphatic heterocycles. The second kappa shape index (κ2) is 6.06. The molecule has 0 fully saturated rings. The monoisotopic (exact) mass is 305 g/mol. The molecule has 21 heavy (non-hydrogen) atoms. The van der Waals surface area contributed by atoms with Gasteiger partial charge in [0.2, 0.25) is 5.13 Å². The van der Waals surface area contributed by atoms with Crippen molar-refractivity contribution in [1.29, 1.82) is 0 Å². The van der Waals surface area contributed by atoms with Gasteiger partial charge in [0, 0.05) is 18.7 Å². The number of carbonyl (C=O) groups excluding carboxylic acids is 1. The van der Waals surface area contributed by atoms with E-state index in [-0.39, 0.29) is 6.03 Å². The predicted octanol–water partition coefficient (Wildman–Crippen LogP) is 1.51. The van der Waals surface area contributed by atoms with Gasteiger partial charge in [-0.1, -0.05) is 17.4 Å². The Labute approximate surface area is 125 Å². The van der Waals surface area contributed by atoms with Gasteiger partial charge in [-0.15, -0.1) is 10.2 Å². The third-order valence-corrected chi connectivity index (χ3v) is 3.90. The molecule has 0 saturated heterocycles. The summed E-state index contributed by atoms with van der Waals surface area (Å²) in [6.07, 6.45) is 0.611. The number of benzene rings is 1. The Morgan fingerprint density at radius 3 is 3.00 bits per heavy atom. The summed E-state index contributed by atoms with van der Waals surface area (Å²) < 4.78 is 5.34. The van der Waals surface area contributed by atoms with Crippen LogP contribution in [-0.4, -0.2) is 22.8 Å². The summed E-state index contributed by atoms with van der Waals surface area (Å²) in [4.78, 5) is 11.8. The van der Waals surface area contributed by atoms with Crippen LogP contribution in [0, 0.1) is 0 Å². The fourth-order valence-corrected chi connectivity index (χ4v) is 2.68. The highest BCUT2D eigenvalue weighted by Gasteiger charge is 2.12. The van der Waals surface area contributed by atoms with Crippen LogP contribution in [0.25, 0.3) is 0 Å². The van der Waals surface area contributed by atoms with Crippen molar-refractivity contribution in [3.8, 4) is 0 Å². The third-order valence-electron chi connectivity index (χ3n) is 3.09. The summed E-state index contributed by atoms with van der Waals surface area (Å²) in [5.41, 5.74) is 8.55. The van der Waals surface area contributed by atoms with Gasteiger partial charge >= 0.3 is 6.03 Å². The lowest BCUT2D eigenvalue weighted by molar-refractivity contribution is 0.134. The van der Waals surface area contributed by atoms with E-state index in [0.29, 0.717) is 31.3 Å². The first-order valence-electron chi connectivity index (χ1n) is 6.53. The van der Waals surface area contributed by atoms with E-state index in [0.717, 1.165) is 16.3 Å². The van der Waals surface area contributed by atoms with Crippen molar-refractivity contribution in [1.82, 2.24) is 15.5 Å². The van der Waals surface area contributed by atoms with Gasteiger partial charge < -0.3 is 21.1 Å². The maximum Gasteiger partial charge on any atom is 0.319 e. The molecule has 4 N–H and O–H groups in total. The average molecular weight is 305 g/mol. The number of aromatic nitrogens is 2. The van der Waals surface area contributed by atoms with Crippen molar-refractivity contribution in [3.63, 3.8) is 0 Å². The van der Waals surface area contributed by atoms with Gasteiger partial charge in [-0.3, -0.25) is 0 Å². The van der Waals surface area contributed by atoms with E-state index < -0.39 is 0 Å². The molecule has 0 radical (unpaired) electrons. The summed E-state index contributed by atoms with van der Waals surface area (Å²) in [5, 5.41) is 14.4. The lowest BCUT2D eigenvalue weighted by Crippen LogP contribution is -2.30. The number of anilines is 2. The molecule has 1 aliphatic rings. The van der Waals surface area contributed by atoms with E-state index in [9.17, 15) is 4.79 Å². The Kier molecular flexibility index (Phi) is 3.98. The van der Waals surface area contributed by atoms with Gasteiger partial charge in [0.25, 0.3) is 0 Å². The molecule has 2 amide bonds. The zero-order valence-corrected chi connectivity index (χ0v) is 12.1. The van der Waals surface area contributed by atoms with E-state index in [1.165, 1.54) is 16.9 Å². The number of hydrogen-bond acceptors (Lipinski definition) is 6. The standard InChI is InChI=1S/C13H15N5O2S/c14-12-18-17-11(21-12)3-4-15-13(19)16-10-2-1-8-6-20-7-9(8)5-10/h1-2,5H,3-4,6-7H2,(H2,14,18)(H2,15,16,19). The number of carbonyl (C=O) groups is 1. The first kappa shape index (κ1) is 13.8. The van der Waals surface area contributed by atoms with Gasteiger partial charge in [0.05, 0.1) is 13.2 Å². The molecule has 0 aliphatic carbocycles. The second-order valence-electron chi connectivity index (χ2n) is 4.64. The summed E-state index contributed by atoms with van der Waals surface area (Å²) in [6.45, 7) is 1.73. The van der Waals surface area contributed by atoms with E-state index in [1.54, 1.807) is 0 Å². The SMILES string of the molecule is Nc1nnc(CCNC(=O)Nc2ccc3c(c2)COC3)s1. The molecule has 0 unspecified atom stereocenters. The van der Waals surface area contributed by atoms with Crippen LogP contribution in [-0.2, 0) is 24.4 Å². The van der Waals surface area contributed by atoms with Crippen molar-refractivity contribution in [2.24, 2.45) is 0 Å². The molecule has 3 rings (SSSR count). The van der Waals surface area contributed by atoms with E-state index in [1.807, 2.05) is 18.2 Å². The number of fused-ring (bicyclic) bond motifs is 1. The molecule has 0 spiro atoms. The van der Waals surface area contributed by atoms with Gasteiger partial charge in [0.15, 0.2) is 0 Å². The first-order valence-corrected chi connectivity index (χ1v) is 7.34. The molecule has 1 aromatic carbocycles. The molecule has 0 atom stereocenters. The molecule has 8 heteroatoms. The Bertz CT molecular complexity index is 658. The molecule has 0 saturated carbocycles. The van der Waals surface area contributed by atoms with Crippen LogP contribution in [0.15, 0.2) is 18.2 Å². The number of nitrogen functional groups attached to an aromatic ring is 1. The fourth-order valence-electron chi connectivity index (χ4n) is 2.08. The van der Waals surface area contributed by atoms with Crippen LogP contribution in [0.2, 0.25) is 0 Å². The van der Waals surface area contributed by atoms with Gasteiger partial charge in [-0.25, -0.2) is 4.79 Å².